The molecule has 2 aliphatic rings. The van der Waals surface area contributed by atoms with Gasteiger partial charge < -0.3 is 0 Å². The average Bonchev–Trinajstić information content (AvgIpc) is 2.67. The maximum atomic E-state index is 12.8. The van der Waals surface area contributed by atoms with E-state index < -0.39 is 20.4 Å². The van der Waals surface area contributed by atoms with E-state index in [1.165, 1.54) is 0 Å². The highest BCUT2D eigenvalue weighted by atomic mass is 35.5. The van der Waals surface area contributed by atoms with Gasteiger partial charge in [0.25, 0.3) is 20.4 Å². The Labute approximate surface area is 180 Å². The molecule has 0 saturated heterocycles. The van der Waals surface area contributed by atoms with Crippen molar-refractivity contribution in [3.63, 3.8) is 0 Å². The second kappa shape index (κ2) is 7.81. The Kier molecular flexibility index (Phi) is 5.67. The lowest BCUT2D eigenvalue weighted by Gasteiger charge is -2.31. The van der Waals surface area contributed by atoms with Crippen LogP contribution >= 0.6 is 23.2 Å². The first-order valence-electron chi connectivity index (χ1n) is 8.99. The Morgan fingerprint density at radius 2 is 1.14 bits per heavy atom. The van der Waals surface area contributed by atoms with Gasteiger partial charge in [0.05, 0.1) is 0 Å². The van der Waals surface area contributed by atoms with E-state index in [1.807, 2.05) is 28.4 Å². The molecule has 4 rings (SSSR count). The topological polar surface area (TPSA) is 86.8 Å². The summed E-state index contributed by atoms with van der Waals surface area (Å²) in [7, 11) is -8.55. The van der Waals surface area contributed by atoms with Crippen molar-refractivity contribution in [2.24, 2.45) is 0 Å². The number of hydrogen-bond acceptors (Lipinski definition) is 4. The number of nitrogens with zero attached hydrogens (tertiary/aromatic N) is 2. The molecule has 0 spiro atoms. The van der Waals surface area contributed by atoms with Gasteiger partial charge in [-0.2, -0.15) is 25.4 Å². The minimum atomic E-state index is -4.28. The molecular formula is C18H19Cl2N3O4S2. The lowest BCUT2D eigenvalue weighted by Crippen LogP contribution is -2.51. The summed E-state index contributed by atoms with van der Waals surface area (Å²) in [4.78, 5) is 0. The molecule has 2 aliphatic heterocycles. The molecule has 0 bridgehead atoms. The largest absolute Gasteiger partial charge is 0.293 e. The van der Waals surface area contributed by atoms with E-state index in [9.17, 15) is 16.8 Å². The molecule has 0 unspecified atom stereocenters. The van der Waals surface area contributed by atoms with Crippen LogP contribution in [0.15, 0.2) is 36.4 Å². The molecule has 29 heavy (non-hydrogen) atoms. The van der Waals surface area contributed by atoms with Crippen molar-refractivity contribution in [1.29, 1.82) is 0 Å². The number of hydrogen-bond donors (Lipinski definition) is 1. The number of rotatable bonds is 4. The highest BCUT2D eigenvalue weighted by Crippen LogP contribution is 2.29. The Bertz CT molecular complexity index is 1080. The van der Waals surface area contributed by atoms with Crippen molar-refractivity contribution in [3.05, 3.63) is 68.7 Å². The first kappa shape index (κ1) is 21.0. The molecule has 0 fully saturated rings. The van der Waals surface area contributed by atoms with Crippen LogP contribution in [0.4, 0.5) is 0 Å². The van der Waals surface area contributed by atoms with Gasteiger partial charge in [-0.3, -0.25) is 0 Å². The zero-order valence-electron chi connectivity index (χ0n) is 15.3. The highest BCUT2D eigenvalue weighted by molar-refractivity contribution is 8.02. The van der Waals surface area contributed by atoms with E-state index in [0.29, 0.717) is 34.0 Å². The third-order valence-corrected chi connectivity index (χ3v) is 9.63. The van der Waals surface area contributed by atoms with Crippen LogP contribution in [-0.2, 0) is 46.3 Å². The summed E-state index contributed by atoms with van der Waals surface area (Å²) in [5.41, 5.74) is 3.33. The van der Waals surface area contributed by atoms with Crippen molar-refractivity contribution in [2.45, 2.75) is 25.9 Å². The zero-order chi connectivity index (χ0) is 20.8. The quantitative estimate of drug-likeness (QED) is 0.735. The molecule has 156 valence electrons. The Balaban J connectivity index is 1.54. The lowest BCUT2D eigenvalue weighted by atomic mass is 10.0. The van der Waals surface area contributed by atoms with Gasteiger partial charge in [-0.15, -0.1) is 0 Å². The number of fused-ring (bicyclic) bond motifs is 2. The smallest absolute Gasteiger partial charge is 0.194 e. The van der Waals surface area contributed by atoms with Crippen molar-refractivity contribution in [2.75, 3.05) is 13.1 Å². The monoisotopic (exact) mass is 475 g/mol. The van der Waals surface area contributed by atoms with Crippen LogP contribution in [0.1, 0.15) is 22.3 Å². The number of halogens is 2. The standard InChI is InChI=1S/C18H19Cl2N3O4S2/c19-17-5-1-3-13-7-9-22(11-15(13)17)28(24,25)21-29(26,27)23-10-8-14-4-2-6-18(20)16(14)12-23/h1-6,21H,7-12H2. The van der Waals surface area contributed by atoms with Gasteiger partial charge in [0.2, 0.25) is 0 Å². The maximum absolute atomic E-state index is 12.8. The number of benzene rings is 2. The van der Waals surface area contributed by atoms with Crippen LogP contribution < -0.4 is 4.13 Å². The van der Waals surface area contributed by atoms with E-state index in [0.717, 1.165) is 19.7 Å². The van der Waals surface area contributed by atoms with Gasteiger partial charge in [-0.05, 0) is 47.2 Å². The Hall–Kier alpha value is -1.20. The molecule has 0 saturated carbocycles. The molecular weight excluding hydrogens is 457 g/mol. The van der Waals surface area contributed by atoms with E-state index in [2.05, 4.69) is 0 Å². The van der Waals surface area contributed by atoms with Crippen molar-refractivity contribution < 1.29 is 16.8 Å². The molecule has 0 aromatic heterocycles. The first-order chi connectivity index (χ1) is 13.7. The molecule has 11 heteroatoms. The van der Waals surface area contributed by atoms with Crippen LogP contribution in [0.5, 0.6) is 0 Å². The Morgan fingerprint density at radius 3 is 1.55 bits per heavy atom. The fourth-order valence-electron chi connectivity index (χ4n) is 3.68. The maximum Gasteiger partial charge on any atom is 0.293 e. The predicted octanol–water partition coefficient (Wildman–Crippen LogP) is 2.49. The predicted molar refractivity (Wildman–Crippen MR) is 112 cm³/mol. The molecule has 0 radical (unpaired) electrons. The van der Waals surface area contributed by atoms with Crippen LogP contribution in [0.2, 0.25) is 10.0 Å². The van der Waals surface area contributed by atoms with E-state index in [1.54, 1.807) is 12.1 Å². The van der Waals surface area contributed by atoms with E-state index in [4.69, 9.17) is 23.2 Å². The van der Waals surface area contributed by atoms with Crippen LogP contribution in [0.25, 0.3) is 0 Å². The zero-order valence-corrected chi connectivity index (χ0v) is 18.5. The van der Waals surface area contributed by atoms with Crippen LogP contribution in [0, 0.1) is 0 Å². The van der Waals surface area contributed by atoms with Gasteiger partial charge in [0, 0.05) is 36.2 Å². The van der Waals surface area contributed by atoms with Crippen molar-refractivity contribution in [3.8, 4) is 0 Å². The minimum Gasteiger partial charge on any atom is -0.194 e. The SMILES string of the molecule is O=S(=O)(NS(=O)(=O)N1CCc2cccc(Cl)c2C1)N1CCc2cccc(Cl)c2C1. The minimum absolute atomic E-state index is 0.0223. The van der Waals surface area contributed by atoms with Crippen LogP contribution in [0.3, 0.4) is 0 Å². The number of nitrogens with one attached hydrogen (secondary N) is 1. The normalized spacial score (nSPS) is 18.3. The fraction of sp³-hybridized carbons (Fsp3) is 0.333. The van der Waals surface area contributed by atoms with Crippen molar-refractivity contribution >= 4 is 43.6 Å². The summed E-state index contributed by atoms with van der Waals surface area (Å²) >= 11 is 12.4. The summed E-state index contributed by atoms with van der Waals surface area (Å²) in [6.45, 7) is 0.392. The third-order valence-electron chi connectivity index (χ3n) is 5.25. The average molecular weight is 476 g/mol. The van der Waals surface area contributed by atoms with Gasteiger partial charge >= 0.3 is 0 Å². The first-order valence-corrected chi connectivity index (χ1v) is 12.6. The molecule has 2 aromatic rings. The molecule has 7 nitrogen and oxygen atoms in total. The molecule has 1 N–H and O–H groups in total. The molecule has 0 amide bonds. The van der Waals surface area contributed by atoms with Crippen molar-refractivity contribution in [1.82, 2.24) is 12.7 Å². The summed E-state index contributed by atoms with van der Waals surface area (Å²) < 4.78 is 55.4. The van der Waals surface area contributed by atoms with Gasteiger partial charge in [0.1, 0.15) is 0 Å². The third kappa shape index (κ3) is 4.18. The second-order valence-corrected chi connectivity index (χ2v) is 11.4. The fourth-order valence-corrected chi connectivity index (χ4v) is 7.36. The summed E-state index contributed by atoms with van der Waals surface area (Å²) in [6, 6.07) is 10.8. The molecule has 2 aromatic carbocycles. The summed E-state index contributed by atoms with van der Waals surface area (Å²) in [6.07, 6.45) is 0.924. The van der Waals surface area contributed by atoms with E-state index in [-0.39, 0.29) is 26.2 Å². The molecule has 2 heterocycles. The van der Waals surface area contributed by atoms with Crippen LogP contribution in [-0.4, -0.2) is 38.5 Å². The Morgan fingerprint density at radius 1 is 0.724 bits per heavy atom. The second-order valence-electron chi connectivity index (χ2n) is 7.02. The lowest BCUT2D eigenvalue weighted by molar-refractivity contribution is 0.375. The van der Waals surface area contributed by atoms with E-state index >= 15 is 0 Å². The highest BCUT2D eigenvalue weighted by Gasteiger charge is 2.35. The van der Waals surface area contributed by atoms with Gasteiger partial charge in [0.15, 0.2) is 0 Å². The summed E-state index contributed by atoms with van der Waals surface area (Å²) in [5, 5.41) is 0.931. The molecule has 0 aliphatic carbocycles. The van der Waals surface area contributed by atoms with Gasteiger partial charge in [-0.25, -0.2) is 0 Å². The summed E-state index contributed by atoms with van der Waals surface area (Å²) in [5.74, 6) is 0. The molecule has 0 atom stereocenters. The van der Waals surface area contributed by atoms with Gasteiger partial charge in [-0.1, -0.05) is 51.6 Å².